The number of aromatic nitrogens is 5. The predicted octanol–water partition coefficient (Wildman–Crippen LogP) is -0.914. The van der Waals surface area contributed by atoms with Crippen molar-refractivity contribution in [1.82, 2.24) is 35.4 Å². The lowest BCUT2D eigenvalue weighted by molar-refractivity contribution is -0.150. The monoisotopic (exact) mass is 483 g/mol. The van der Waals surface area contributed by atoms with Crippen LogP contribution in [-0.2, 0) is 21.4 Å². The number of thioether (sulfide) groups is 2. The van der Waals surface area contributed by atoms with Crippen molar-refractivity contribution in [2.45, 2.75) is 16.6 Å². The number of β-lactam (4-membered cyclic amide) rings is 1. The third-order valence-electron chi connectivity index (χ3n) is 4.42. The highest BCUT2D eigenvalue weighted by molar-refractivity contribution is 8.01. The fraction of sp³-hybridized carbons (Fsp3) is 0.333. The van der Waals surface area contributed by atoms with Crippen LogP contribution in [0.1, 0.15) is 10.5 Å². The van der Waals surface area contributed by atoms with E-state index in [0.717, 1.165) is 16.2 Å². The number of thiazole rings is 1. The molecule has 1 saturated heterocycles. The van der Waals surface area contributed by atoms with E-state index in [4.69, 9.17) is 0 Å². The van der Waals surface area contributed by atoms with E-state index in [1.54, 1.807) is 7.05 Å². The first-order valence-electron chi connectivity index (χ1n) is 8.52. The van der Waals surface area contributed by atoms with Crippen LogP contribution in [0.3, 0.4) is 0 Å². The van der Waals surface area contributed by atoms with Gasteiger partial charge in [0.1, 0.15) is 22.8 Å². The summed E-state index contributed by atoms with van der Waals surface area (Å²) in [5.41, 5.74) is 0.148. The lowest BCUT2D eigenvalue weighted by Crippen LogP contribution is -2.71. The lowest BCUT2D eigenvalue weighted by Gasteiger charge is -2.49. The summed E-state index contributed by atoms with van der Waals surface area (Å²) in [6.07, 6.45) is 0. The van der Waals surface area contributed by atoms with Gasteiger partial charge in [-0.15, -0.1) is 16.9 Å². The topological polar surface area (TPSA) is 180 Å². The molecule has 31 heavy (non-hydrogen) atoms. The summed E-state index contributed by atoms with van der Waals surface area (Å²) in [4.78, 5) is 53.5. The Labute approximate surface area is 185 Å². The number of aliphatic carboxylic acids is 1. The maximum absolute atomic E-state index is 12.6. The van der Waals surface area contributed by atoms with Crippen molar-refractivity contribution >= 4 is 58.4 Å². The van der Waals surface area contributed by atoms with Crippen LogP contribution < -0.4 is 5.32 Å². The molecule has 0 bridgehead atoms. The number of aromatic hydroxyl groups is 1. The van der Waals surface area contributed by atoms with Crippen LogP contribution in [0.15, 0.2) is 21.8 Å². The second-order valence-electron chi connectivity index (χ2n) is 6.34. The predicted molar refractivity (Wildman–Crippen MR) is 107 cm³/mol. The van der Waals surface area contributed by atoms with Gasteiger partial charge in [0.15, 0.2) is 0 Å². The molecule has 0 spiro atoms. The first-order valence-corrected chi connectivity index (χ1v) is 11.4. The Kier molecular flexibility index (Phi) is 5.67. The van der Waals surface area contributed by atoms with E-state index in [-0.39, 0.29) is 22.3 Å². The number of ketones is 1. The number of nitrogens with one attached hydrogen (secondary N) is 1. The number of carboxylic acids is 1. The van der Waals surface area contributed by atoms with E-state index in [2.05, 4.69) is 25.8 Å². The van der Waals surface area contributed by atoms with Gasteiger partial charge in [0.05, 0.1) is 0 Å². The van der Waals surface area contributed by atoms with Gasteiger partial charge in [-0.2, -0.15) is 4.98 Å². The number of carbonyl (C=O) groups excluding carboxylic acids is 3. The van der Waals surface area contributed by atoms with Gasteiger partial charge < -0.3 is 15.5 Å². The smallest absolute Gasteiger partial charge is 0.352 e. The number of amides is 2. The minimum atomic E-state index is -1.26. The molecule has 162 valence electrons. The molecule has 4 rings (SSSR count). The molecule has 0 saturated carbocycles. The second kappa shape index (κ2) is 8.27. The van der Waals surface area contributed by atoms with Gasteiger partial charge in [-0.3, -0.25) is 19.3 Å². The van der Waals surface area contributed by atoms with Crippen LogP contribution in [0.2, 0.25) is 0 Å². The molecule has 3 N–H and O–H groups in total. The van der Waals surface area contributed by atoms with Crippen molar-refractivity contribution in [3.8, 4) is 5.19 Å². The van der Waals surface area contributed by atoms with Crippen LogP contribution in [0.4, 0.5) is 0 Å². The number of Topliss-reactive ketones (excluding diaryl/α,β-unsaturated/α-hetero) is 1. The molecule has 16 heteroatoms. The average molecular weight is 484 g/mol. The summed E-state index contributed by atoms with van der Waals surface area (Å²) in [5, 5.41) is 33.0. The molecule has 1 unspecified atom stereocenters. The summed E-state index contributed by atoms with van der Waals surface area (Å²) in [6, 6.07) is -1.04. The Hall–Kier alpha value is -2.98. The number of tetrazole rings is 1. The van der Waals surface area contributed by atoms with Crippen molar-refractivity contribution < 1.29 is 29.4 Å². The Morgan fingerprint density at radius 3 is 2.77 bits per heavy atom. The third kappa shape index (κ3) is 3.88. The Bertz CT molecular complexity index is 1130. The van der Waals surface area contributed by atoms with Crippen LogP contribution in [0.25, 0.3) is 0 Å². The van der Waals surface area contributed by atoms with Gasteiger partial charge >= 0.3 is 5.97 Å². The zero-order valence-corrected chi connectivity index (χ0v) is 18.0. The molecule has 2 aromatic heterocycles. The number of aryl methyl sites for hydroxylation is 1. The van der Waals surface area contributed by atoms with Crippen molar-refractivity contribution in [2.24, 2.45) is 7.05 Å². The molecule has 2 aliphatic rings. The van der Waals surface area contributed by atoms with Gasteiger partial charge in [0, 0.05) is 23.9 Å². The van der Waals surface area contributed by atoms with Gasteiger partial charge in [0.25, 0.3) is 22.8 Å². The van der Waals surface area contributed by atoms with E-state index in [1.807, 2.05) is 0 Å². The number of carboxylic acid groups (broad SMARTS) is 1. The molecule has 13 nitrogen and oxygen atoms in total. The quantitative estimate of drug-likeness (QED) is 0.191. The highest BCUT2D eigenvalue weighted by atomic mass is 32.2. The normalized spacial score (nSPS) is 20.3. The van der Waals surface area contributed by atoms with E-state index < -0.39 is 35.0 Å². The summed E-state index contributed by atoms with van der Waals surface area (Å²) in [5.74, 6) is -3.35. The Morgan fingerprint density at radius 1 is 1.39 bits per heavy atom. The van der Waals surface area contributed by atoms with Crippen LogP contribution >= 0.6 is 34.9 Å². The molecule has 2 amide bonds. The zero-order chi connectivity index (χ0) is 22.3. The summed E-state index contributed by atoms with van der Waals surface area (Å²) >= 11 is 3.31. The number of nitrogens with zero attached hydrogens (tertiary/aromatic N) is 6. The SMILES string of the molecule is Cn1nnnc1SCC1=C(C(=O)O)N2C(=O)C(NC(=O)C(=O)c3csc(O)n3)[C@H]2SC1. The number of rotatable bonds is 7. The highest BCUT2D eigenvalue weighted by Crippen LogP contribution is 2.41. The van der Waals surface area contributed by atoms with E-state index in [9.17, 15) is 29.4 Å². The largest absolute Gasteiger partial charge is 0.486 e. The molecule has 2 aliphatic heterocycles. The molecule has 4 heterocycles. The van der Waals surface area contributed by atoms with Crippen molar-refractivity contribution in [3.63, 3.8) is 0 Å². The molecule has 0 radical (unpaired) electrons. The van der Waals surface area contributed by atoms with Gasteiger partial charge in [0.2, 0.25) is 5.16 Å². The molecular weight excluding hydrogens is 470 g/mol. The third-order valence-corrected chi connectivity index (χ3v) is 7.50. The average Bonchev–Trinajstić information content (AvgIpc) is 3.36. The minimum absolute atomic E-state index is 0.141. The van der Waals surface area contributed by atoms with E-state index >= 15 is 0 Å². The number of carbonyl (C=O) groups is 4. The summed E-state index contributed by atoms with van der Waals surface area (Å²) in [6.45, 7) is 0. The van der Waals surface area contributed by atoms with Crippen molar-refractivity contribution in [1.29, 1.82) is 0 Å². The van der Waals surface area contributed by atoms with E-state index in [1.165, 1.54) is 33.6 Å². The fourth-order valence-electron chi connectivity index (χ4n) is 2.98. The first kappa shape index (κ1) is 21.3. The van der Waals surface area contributed by atoms with Crippen LogP contribution in [0, 0.1) is 0 Å². The maximum Gasteiger partial charge on any atom is 0.352 e. The van der Waals surface area contributed by atoms with Crippen molar-refractivity contribution in [3.05, 3.63) is 22.3 Å². The second-order valence-corrected chi connectivity index (χ2v) is 9.22. The van der Waals surface area contributed by atoms with Crippen LogP contribution in [0.5, 0.6) is 5.19 Å². The molecule has 0 aliphatic carbocycles. The van der Waals surface area contributed by atoms with Gasteiger partial charge in [-0.1, -0.05) is 23.1 Å². The molecule has 1 fully saturated rings. The highest BCUT2D eigenvalue weighted by Gasteiger charge is 2.54. The minimum Gasteiger partial charge on any atom is -0.486 e. The summed E-state index contributed by atoms with van der Waals surface area (Å²) in [7, 11) is 1.65. The maximum atomic E-state index is 12.6. The summed E-state index contributed by atoms with van der Waals surface area (Å²) < 4.78 is 1.45. The number of hydrogen-bond acceptors (Lipinski definition) is 12. The molecule has 0 aromatic carbocycles. The Balaban J connectivity index is 1.47. The standard InChI is InChI=1S/C15H13N7O6S3/c1-21-14(18-19-20-21)30-3-5-2-29-12-7(11(25)22(12)8(5)13(26)27)17-10(24)9(23)6-4-31-15(28)16-6/h4,7,12H,2-3H2,1H3,(H,16,28)(H,17,24)(H,26,27)/t7?,12-/m1/s1. The van der Waals surface area contributed by atoms with Gasteiger partial charge in [-0.25, -0.2) is 9.48 Å². The molecule has 2 aromatic rings. The first-order chi connectivity index (χ1) is 14.8. The van der Waals surface area contributed by atoms with Gasteiger partial charge in [-0.05, 0) is 16.0 Å². The fourth-order valence-corrected chi connectivity index (χ4v) is 5.84. The van der Waals surface area contributed by atoms with Crippen LogP contribution in [-0.4, -0.2) is 86.8 Å². The van der Waals surface area contributed by atoms with Crippen molar-refractivity contribution in [2.75, 3.05) is 11.5 Å². The zero-order valence-electron chi connectivity index (χ0n) is 15.6. The molecular formula is C15H13N7O6S3. The molecule has 2 atom stereocenters. The number of fused-ring (bicyclic) bond motifs is 1. The van der Waals surface area contributed by atoms with E-state index in [0.29, 0.717) is 16.5 Å². The lowest BCUT2D eigenvalue weighted by atomic mass is 10.0. The Morgan fingerprint density at radius 2 is 2.16 bits per heavy atom. The number of hydrogen-bond donors (Lipinski definition) is 3.